The number of aryl methyl sites for hydroxylation is 1. The predicted molar refractivity (Wildman–Crippen MR) is 54.8 cm³/mol. The van der Waals surface area contributed by atoms with Gasteiger partial charge in [-0.05, 0) is 13.0 Å². The normalized spacial score (nSPS) is 10.2. The van der Waals surface area contributed by atoms with Crippen molar-refractivity contribution in [1.29, 1.82) is 0 Å². The van der Waals surface area contributed by atoms with Crippen LogP contribution in [-0.2, 0) is 0 Å². The van der Waals surface area contributed by atoms with Gasteiger partial charge in [-0.3, -0.25) is 4.98 Å². The minimum atomic E-state index is -1.05. The zero-order chi connectivity index (χ0) is 10.8. The molecular weight excluding hydrogens is 214 g/mol. The summed E-state index contributed by atoms with van der Waals surface area (Å²) in [5.41, 5.74) is 2.29. The molecule has 2 aromatic rings. The number of hydrogen-bond donors (Lipinski definition) is 1. The fraction of sp³-hybridized carbons (Fsp3) is 0.111. The highest BCUT2D eigenvalue weighted by molar-refractivity contribution is 7.13. The van der Waals surface area contributed by atoms with Gasteiger partial charge in [-0.1, -0.05) is 0 Å². The Morgan fingerprint density at radius 2 is 2.27 bits per heavy atom. The first-order valence-corrected chi connectivity index (χ1v) is 5.02. The molecular formula is C9H7N3O2S. The second-order valence-corrected chi connectivity index (χ2v) is 3.78. The van der Waals surface area contributed by atoms with Crippen molar-refractivity contribution < 1.29 is 9.90 Å². The van der Waals surface area contributed by atoms with Crippen molar-refractivity contribution in [2.24, 2.45) is 0 Å². The van der Waals surface area contributed by atoms with Crippen LogP contribution in [0.4, 0.5) is 0 Å². The average molecular weight is 221 g/mol. The first-order chi connectivity index (χ1) is 7.16. The molecule has 2 rings (SSSR count). The van der Waals surface area contributed by atoms with E-state index in [9.17, 15) is 4.79 Å². The van der Waals surface area contributed by atoms with Crippen molar-refractivity contribution >= 4 is 17.3 Å². The van der Waals surface area contributed by atoms with Gasteiger partial charge in [0.25, 0.3) is 0 Å². The van der Waals surface area contributed by atoms with Gasteiger partial charge in [-0.2, -0.15) is 0 Å². The number of carbonyl (C=O) groups is 1. The molecule has 0 unspecified atom stereocenters. The zero-order valence-corrected chi connectivity index (χ0v) is 8.65. The average Bonchev–Trinajstić information content (AvgIpc) is 2.69. The molecule has 0 spiro atoms. The van der Waals surface area contributed by atoms with Crippen LogP contribution in [0.1, 0.15) is 16.2 Å². The molecule has 0 aromatic carbocycles. The van der Waals surface area contributed by atoms with Crippen LogP contribution in [0, 0.1) is 6.92 Å². The van der Waals surface area contributed by atoms with Crippen LogP contribution in [0.2, 0.25) is 0 Å². The Morgan fingerprint density at radius 3 is 2.87 bits per heavy atom. The number of aromatic nitrogens is 3. The first kappa shape index (κ1) is 9.72. The summed E-state index contributed by atoms with van der Waals surface area (Å²) in [4.78, 5) is 23.5. The monoisotopic (exact) mass is 221 g/mol. The Labute approximate surface area is 89.5 Å². The van der Waals surface area contributed by atoms with Gasteiger partial charge in [0.1, 0.15) is 0 Å². The van der Waals surface area contributed by atoms with Crippen LogP contribution in [0.15, 0.2) is 17.8 Å². The molecule has 0 saturated carbocycles. The fourth-order valence-corrected chi connectivity index (χ4v) is 1.67. The Bertz CT molecular complexity index is 496. The third-order valence-electron chi connectivity index (χ3n) is 1.73. The molecule has 5 nitrogen and oxygen atoms in total. The van der Waals surface area contributed by atoms with Crippen LogP contribution in [0.25, 0.3) is 10.7 Å². The van der Waals surface area contributed by atoms with Gasteiger partial charge >= 0.3 is 5.97 Å². The molecule has 0 aliphatic rings. The third kappa shape index (κ3) is 1.99. The quantitative estimate of drug-likeness (QED) is 0.833. The number of rotatable bonds is 2. The van der Waals surface area contributed by atoms with Gasteiger partial charge < -0.3 is 5.11 Å². The molecule has 0 aliphatic carbocycles. The summed E-state index contributed by atoms with van der Waals surface area (Å²) in [7, 11) is 0. The van der Waals surface area contributed by atoms with Gasteiger partial charge in [0, 0.05) is 11.9 Å². The number of carboxylic acids is 1. The molecule has 6 heteroatoms. The second-order valence-electron chi connectivity index (χ2n) is 2.89. The van der Waals surface area contributed by atoms with E-state index in [0.717, 1.165) is 4.88 Å². The maximum absolute atomic E-state index is 10.8. The van der Waals surface area contributed by atoms with Gasteiger partial charge in [-0.25, -0.2) is 14.8 Å². The first-order valence-electron chi connectivity index (χ1n) is 4.14. The Balaban J connectivity index is 2.54. The smallest absolute Gasteiger partial charge is 0.354 e. The maximum atomic E-state index is 10.8. The van der Waals surface area contributed by atoms with Crippen molar-refractivity contribution in [3.8, 4) is 10.7 Å². The van der Waals surface area contributed by atoms with Gasteiger partial charge in [0.15, 0.2) is 11.5 Å². The van der Waals surface area contributed by atoms with E-state index in [0.29, 0.717) is 11.5 Å². The molecule has 0 amide bonds. The maximum Gasteiger partial charge on any atom is 0.354 e. The van der Waals surface area contributed by atoms with E-state index < -0.39 is 5.97 Å². The SMILES string of the molecule is Cc1cc(C(=O)O)nc(-c2cncs2)n1. The Hall–Kier alpha value is -1.82. The van der Waals surface area contributed by atoms with Crippen molar-refractivity contribution in [3.05, 3.63) is 29.2 Å². The van der Waals surface area contributed by atoms with Gasteiger partial charge in [-0.15, -0.1) is 11.3 Å². The molecule has 0 radical (unpaired) electrons. The minimum Gasteiger partial charge on any atom is -0.477 e. The van der Waals surface area contributed by atoms with Crippen molar-refractivity contribution in [2.75, 3.05) is 0 Å². The second kappa shape index (κ2) is 3.74. The van der Waals surface area contributed by atoms with Crippen LogP contribution < -0.4 is 0 Å². The number of aromatic carboxylic acids is 1. The highest BCUT2D eigenvalue weighted by Crippen LogP contribution is 2.19. The largest absolute Gasteiger partial charge is 0.477 e. The van der Waals surface area contributed by atoms with Crippen LogP contribution in [0.3, 0.4) is 0 Å². The van der Waals surface area contributed by atoms with Crippen molar-refractivity contribution in [2.45, 2.75) is 6.92 Å². The van der Waals surface area contributed by atoms with Crippen LogP contribution >= 0.6 is 11.3 Å². The van der Waals surface area contributed by atoms with Gasteiger partial charge in [0.2, 0.25) is 0 Å². The molecule has 2 aromatic heterocycles. The zero-order valence-electron chi connectivity index (χ0n) is 7.84. The van der Waals surface area contributed by atoms with Gasteiger partial charge in [0.05, 0.1) is 10.4 Å². The number of carboxylic acid groups (broad SMARTS) is 1. The van der Waals surface area contributed by atoms with Crippen molar-refractivity contribution in [3.63, 3.8) is 0 Å². The third-order valence-corrected chi connectivity index (χ3v) is 2.50. The molecule has 0 atom stereocenters. The molecule has 0 bridgehead atoms. The lowest BCUT2D eigenvalue weighted by atomic mass is 10.3. The highest BCUT2D eigenvalue weighted by atomic mass is 32.1. The number of hydrogen-bond acceptors (Lipinski definition) is 5. The molecule has 0 aliphatic heterocycles. The van der Waals surface area contributed by atoms with E-state index in [1.807, 2.05) is 0 Å². The Kier molecular flexibility index (Phi) is 2.42. The van der Waals surface area contributed by atoms with E-state index >= 15 is 0 Å². The standard InChI is InChI=1S/C9H7N3O2S/c1-5-2-6(9(13)14)12-8(11-5)7-3-10-4-15-7/h2-4H,1H3,(H,13,14). The number of nitrogens with zero attached hydrogens (tertiary/aromatic N) is 3. The molecule has 1 N–H and O–H groups in total. The summed E-state index contributed by atoms with van der Waals surface area (Å²) in [6, 6.07) is 1.44. The van der Waals surface area contributed by atoms with E-state index in [1.54, 1.807) is 18.6 Å². The van der Waals surface area contributed by atoms with E-state index in [1.165, 1.54) is 17.4 Å². The fourth-order valence-electron chi connectivity index (χ4n) is 1.11. The summed E-state index contributed by atoms with van der Waals surface area (Å²) in [6.07, 6.45) is 1.62. The lowest BCUT2D eigenvalue weighted by Gasteiger charge is -1.99. The van der Waals surface area contributed by atoms with E-state index in [4.69, 9.17) is 5.11 Å². The summed E-state index contributed by atoms with van der Waals surface area (Å²) in [5.74, 6) is -0.638. The van der Waals surface area contributed by atoms with Crippen LogP contribution in [0.5, 0.6) is 0 Å². The lowest BCUT2D eigenvalue weighted by Crippen LogP contribution is -2.03. The molecule has 76 valence electrons. The topological polar surface area (TPSA) is 76.0 Å². The predicted octanol–water partition coefficient (Wildman–Crippen LogP) is 1.61. The van der Waals surface area contributed by atoms with E-state index in [2.05, 4.69) is 15.0 Å². The lowest BCUT2D eigenvalue weighted by molar-refractivity contribution is 0.0690. The molecule has 15 heavy (non-hydrogen) atoms. The van der Waals surface area contributed by atoms with Crippen molar-refractivity contribution in [1.82, 2.24) is 15.0 Å². The molecule has 2 heterocycles. The summed E-state index contributed by atoms with van der Waals surface area (Å²) >= 11 is 1.38. The highest BCUT2D eigenvalue weighted by Gasteiger charge is 2.10. The summed E-state index contributed by atoms with van der Waals surface area (Å²) in [6.45, 7) is 1.73. The van der Waals surface area contributed by atoms with Crippen LogP contribution in [-0.4, -0.2) is 26.0 Å². The Morgan fingerprint density at radius 1 is 1.47 bits per heavy atom. The molecule has 0 saturated heterocycles. The van der Waals surface area contributed by atoms with E-state index in [-0.39, 0.29) is 5.69 Å². The molecule has 0 fully saturated rings. The summed E-state index contributed by atoms with van der Waals surface area (Å²) < 4.78 is 0. The summed E-state index contributed by atoms with van der Waals surface area (Å²) in [5, 5.41) is 8.83. The number of thiazole rings is 1. The minimum absolute atomic E-state index is 0.00546.